The largest absolute Gasteiger partial charge is 0.321 e. The van der Waals surface area contributed by atoms with E-state index in [1.54, 1.807) is 0 Å². The van der Waals surface area contributed by atoms with Crippen LogP contribution in [-0.2, 0) is 13.0 Å². The first kappa shape index (κ1) is 14.4. The summed E-state index contributed by atoms with van der Waals surface area (Å²) < 4.78 is 2.11. The Bertz CT molecular complexity index is 780. The fourth-order valence-corrected chi connectivity index (χ4v) is 2.93. The average Bonchev–Trinajstić information content (AvgIpc) is 2.79. The van der Waals surface area contributed by atoms with Gasteiger partial charge in [0.1, 0.15) is 5.82 Å². The molecule has 5 heteroatoms. The molecule has 2 heterocycles. The zero-order valence-corrected chi connectivity index (χ0v) is 13.2. The van der Waals surface area contributed by atoms with Crippen molar-refractivity contribution in [3.05, 3.63) is 58.6 Å². The molecule has 0 aliphatic rings. The number of pyridine rings is 1. The van der Waals surface area contributed by atoms with Crippen LogP contribution in [0.25, 0.3) is 11.0 Å². The van der Waals surface area contributed by atoms with E-state index in [1.165, 1.54) is 0 Å². The lowest BCUT2D eigenvalue weighted by Gasteiger charge is -2.09. The number of hydrogen-bond donors (Lipinski definition) is 0. The fourth-order valence-electron chi connectivity index (χ4n) is 2.49. The summed E-state index contributed by atoms with van der Waals surface area (Å²) in [4.78, 5) is 9.21. The summed E-state index contributed by atoms with van der Waals surface area (Å²) in [6, 6.07) is 11.8. The van der Waals surface area contributed by atoms with Crippen molar-refractivity contribution in [1.82, 2.24) is 14.5 Å². The summed E-state index contributed by atoms with van der Waals surface area (Å²) in [5, 5.41) is 0.702. The predicted molar refractivity (Wildman–Crippen MR) is 87.2 cm³/mol. The van der Waals surface area contributed by atoms with E-state index in [4.69, 9.17) is 23.2 Å². The van der Waals surface area contributed by atoms with Crippen LogP contribution in [0.3, 0.4) is 0 Å². The van der Waals surface area contributed by atoms with Gasteiger partial charge in [0.25, 0.3) is 0 Å². The molecule has 108 valence electrons. The molecular weight excluding hydrogens is 305 g/mol. The van der Waals surface area contributed by atoms with Gasteiger partial charge in [0.15, 0.2) is 0 Å². The van der Waals surface area contributed by atoms with Gasteiger partial charge in [0.05, 0.1) is 28.3 Å². The molecule has 0 radical (unpaired) electrons. The zero-order chi connectivity index (χ0) is 14.8. The Hall–Kier alpha value is -1.58. The number of fused-ring (bicyclic) bond motifs is 1. The number of para-hydroxylation sites is 1. The van der Waals surface area contributed by atoms with Gasteiger partial charge in [-0.25, -0.2) is 4.98 Å². The highest BCUT2D eigenvalue weighted by atomic mass is 35.5. The first-order chi connectivity index (χ1) is 10.2. The molecule has 0 unspecified atom stereocenters. The van der Waals surface area contributed by atoms with Gasteiger partial charge in [-0.15, -0.1) is 11.6 Å². The molecule has 0 spiro atoms. The molecule has 0 aliphatic heterocycles. The van der Waals surface area contributed by atoms with Gasteiger partial charge in [-0.1, -0.05) is 23.7 Å². The molecule has 3 aromatic rings. The molecule has 0 aliphatic carbocycles. The lowest BCUT2D eigenvalue weighted by Crippen LogP contribution is -2.07. The fraction of sp³-hybridized carbons (Fsp3) is 0.250. The second-order valence-electron chi connectivity index (χ2n) is 4.93. The van der Waals surface area contributed by atoms with Crippen LogP contribution in [0, 0.1) is 6.92 Å². The molecule has 3 nitrogen and oxygen atoms in total. The Labute approximate surface area is 133 Å². The molecule has 3 rings (SSSR count). The molecule has 0 fully saturated rings. The number of alkyl halides is 1. The Morgan fingerprint density at radius 3 is 2.67 bits per heavy atom. The summed E-state index contributed by atoms with van der Waals surface area (Å²) in [5.74, 6) is 1.47. The lowest BCUT2D eigenvalue weighted by molar-refractivity contribution is 0.735. The third-order valence-corrected chi connectivity index (χ3v) is 3.87. The van der Waals surface area contributed by atoms with Crippen molar-refractivity contribution in [3.8, 4) is 0 Å². The maximum absolute atomic E-state index is 6.36. The molecule has 0 amide bonds. The summed E-state index contributed by atoms with van der Waals surface area (Å²) >= 11 is 12.3. The number of halogens is 2. The zero-order valence-electron chi connectivity index (χ0n) is 11.7. The predicted octanol–water partition coefficient (Wildman–Crippen LogP) is 4.22. The van der Waals surface area contributed by atoms with E-state index < -0.39 is 0 Å². The molecule has 0 N–H and O–H groups in total. The topological polar surface area (TPSA) is 30.7 Å². The molecular formula is C16H15Cl2N3. The van der Waals surface area contributed by atoms with Crippen molar-refractivity contribution in [2.75, 3.05) is 5.88 Å². The van der Waals surface area contributed by atoms with Gasteiger partial charge in [0.2, 0.25) is 0 Å². The van der Waals surface area contributed by atoms with Crippen molar-refractivity contribution in [3.63, 3.8) is 0 Å². The number of benzene rings is 1. The second kappa shape index (κ2) is 6.04. The smallest absolute Gasteiger partial charge is 0.111 e. The molecule has 1 aromatic carbocycles. The number of hydrogen-bond acceptors (Lipinski definition) is 2. The van der Waals surface area contributed by atoms with Crippen LogP contribution in [0.15, 0.2) is 36.4 Å². The van der Waals surface area contributed by atoms with Crippen molar-refractivity contribution in [2.45, 2.75) is 19.9 Å². The van der Waals surface area contributed by atoms with Crippen LogP contribution in [-0.4, -0.2) is 20.4 Å². The van der Waals surface area contributed by atoms with E-state index in [1.807, 2.05) is 43.3 Å². The van der Waals surface area contributed by atoms with Crippen LogP contribution < -0.4 is 0 Å². The molecule has 0 bridgehead atoms. The molecule has 2 aromatic heterocycles. The van der Waals surface area contributed by atoms with E-state index in [0.29, 0.717) is 23.9 Å². The molecule has 21 heavy (non-hydrogen) atoms. The van der Waals surface area contributed by atoms with Crippen molar-refractivity contribution in [1.29, 1.82) is 0 Å². The van der Waals surface area contributed by atoms with Gasteiger partial charge in [-0.3, -0.25) is 4.98 Å². The summed E-state index contributed by atoms with van der Waals surface area (Å²) in [6.45, 7) is 2.64. The highest BCUT2D eigenvalue weighted by molar-refractivity contribution is 6.35. The first-order valence-electron chi connectivity index (χ1n) is 6.81. The van der Waals surface area contributed by atoms with E-state index in [2.05, 4.69) is 14.5 Å². The highest BCUT2D eigenvalue weighted by Gasteiger charge is 2.13. The summed E-state index contributed by atoms with van der Waals surface area (Å²) in [7, 11) is 0. The van der Waals surface area contributed by atoms with Crippen LogP contribution in [0.2, 0.25) is 5.02 Å². The van der Waals surface area contributed by atoms with Crippen molar-refractivity contribution in [2.24, 2.45) is 0 Å². The molecule has 0 saturated heterocycles. The van der Waals surface area contributed by atoms with Crippen molar-refractivity contribution < 1.29 is 0 Å². The van der Waals surface area contributed by atoms with E-state index in [0.717, 1.165) is 28.2 Å². The number of imidazole rings is 1. The van der Waals surface area contributed by atoms with Crippen LogP contribution in [0.1, 0.15) is 17.2 Å². The summed E-state index contributed by atoms with van der Waals surface area (Å²) in [5.41, 5.74) is 3.84. The number of rotatable bonds is 4. The van der Waals surface area contributed by atoms with E-state index >= 15 is 0 Å². The molecule has 0 atom stereocenters. The number of nitrogens with zero attached hydrogens (tertiary/aromatic N) is 3. The minimum Gasteiger partial charge on any atom is -0.321 e. The third kappa shape index (κ3) is 2.89. The first-order valence-corrected chi connectivity index (χ1v) is 7.72. The Balaban J connectivity index is 2.12. The standard InChI is InChI=1S/C16H15Cl2N3/c1-11-4-2-5-12(19-11)10-21-15(8-9-17)20-14-7-3-6-13(18)16(14)21/h2-7H,8-10H2,1H3. The number of aromatic nitrogens is 3. The van der Waals surface area contributed by atoms with Crippen LogP contribution in [0.5, 0.6) is 0 Å². The van der Waals surface area contributed by atoms with E-state index in [-0.39, 0.29) is 0 Å². The quantitative estimate of drug-likeness (QED) is 0.674. The van der Waals surface area contributed by atoms with E-state index in [9.17, 15) is 0 Å². The van der Waals surface area contributed by atoms with Crippen LogP contribution in [0.4, 0.5) is 0 Å². The normalized spacial score (nSPS) is 11.2. The maximum Gasteiger partial charge on any atom is 0.111 e. The van der Waals surface area contributed by atoms with Crippen LogP contribution >= 0.6 is 23.2 Å². The Kier molecular flexibility index (Phi) is 4.13. The maximum atomic E-state index is 6.36. The third-order valence-electron chi connectivity index (χ3n) is 3.38. The van der Waals surface area contributed by atoms with Gasteiger partial charge < -0.3 is 4.57 Å². The average molecular weight is 320 g/mol. The Morgan fingerprint density at radius 1 is 1.10 bits per heavy atom. The number of aryl methyl sites for hydroxylation is 2. The Morgan fingerprint density at radius 2 is 1.90 bits per heavy atom. The highest BCUT2D eigenvalue weighted by Crippen LogP contribution is 2.25. The minimum absolute atomic E-state index is 0.530. The van der Waals surface area contributed by atoms with Gasteiger partial charge in [0, 0.05) is 18.0 Å². The SMILES string of the molecule is Cc1cccc(Cn2c(CCCl)nc3cccc(Cl)c32)n1. The van der Waals surface area contributed by atoms with Gasteiger partial charge >= 0.3 is 0 Å². The van der Waals surface area contributed by atoms with Crippen molar-refractivity contribution >= 4 is 34.2 Å². The monoisotopic (exact) mass is 319 g/mol. The molecule has 0 saturated carbocycles. The van der Waals surface area contributed by atoms with Gasteiger partial charge in [-0.2, -0.15) is 0 Å². The lowest BCUT2D eigenvalue weighted by atomic mass is 10.3. The minimum atomic E-state index is 0.530. The second-order valence-corrected chi connectivity index (χ2v) is 5.72. The summed E-state index contributed by atoms with van der Waals surface area (Å²) in [6.07, 6.45) is 0.707. The van der Waals surface area contributed by atoms with Gasteiger partial charge in [-0.05, 0) is 31.2 Å².